The molecule has 0 atom stereocenters. The summed E-state index contributed by atoms with van der Waals surface area (Å²) in [5.74, 6) is -0.970. The van der Waals surface area contributed by atoms with Crippen molar-refractivity contribution in [2.45, 2.75) is 33.2 Å². The number of thiazole rings is 1. The van der Waals surface area contributed by atoms with Crippen LogP contribution in [0.1, 0.15) is 27.7 Å². The maximum absolute atomic E-state index is 11.7. The molecule has 6 nitrogen and oxygen atoms in total. The zero-order chi connectivity index (χ0) is 14.0. The van der Waals surface area contributed by atoms with E-state index < -0.39 is 23.0 Å². The van der Waals surface area contributed by atoms with E-state index in [1.807, 2.05) is 0 Å². The molecule has 0 unspecified atom stereocenters. The van der Waals surface area contributed by atoms with Crippen molar-refractivity contribution in [3.05, 3.63) is 11.6 Å². The van der Waals surface area contributed by atoms with Crippen molar-refractivity contribution >= 4 is 28.5 Å². The van der Waals surface area contributed by atoms with Crippen LogP contribution in [0.15, 0.2) is 11.6 Å². The molecule has 0 spiro atoms. The van der Waals surface area contributed by atoms with Gasteiger partial charge in [-0.15, -0.1) is 11.3 Å². The number of aromatic nitrogens is 1. The van der Waals surface area contributed by atoms with Crippen molar-refractivity contribution in [3.8, 4) is 0 Å². The van der Waals surface area contributed by atoms with Gasteiger partial charge < -0.3 is 10.4 Å². The second-order valence-electron chi connectivity index (χ2n) is 4.97. The maximum Gasteiger partial charge on any atom is 0.321 e. The van der Waals surface area contributed by atoms with E-state index in [1.54, 1.807) is 39.3 Å². The first-order valence-electron chi connectivity index (χ1n) is 5.39. The Kier molecular flexibility index (Phi) is 3.95. The molecule has 1 heterocycles. The predicted octanol–water partition coefficient (Wildman–Crippen LogP) is 2.15. The number of urea groups is 1. The van der Waals surface area contributed by atoms with Gasteiger partial charge in [0.15, 0.2) is 5.13 Å². The zero-order valence-electron chi connectivity index (χ0n) is 10.8. The number of hydrogen-bond donors (Lipinski definition) is 3. The van der Waals surface area contributed by atoms with Gasteiger partial charge in [0, 0.05) is 11.6 Å². The fraction of sp³-hybridized carbons (Fsp3) is 0.545. The lowest BCUT2D eigenvalue weighted by molar-refractivity contribution is -0.150. The Balaban J connectivity index is 2.71. The first-order valence-corrected chi connectivity index (χ1v) is 6.27. The smallest absolute Gasteiger partial charge is 0.321 e. The lowest BCUT2D eigenvalue weighted by Crippen LogP contribution is -2.57. The van der Waals surface area contributed by atoms with Gasteiger partial charge in [-0.1, -0.05) is 0 Å². The van der Waals surface area contributed by atoms with Gasteiger partial charge in [-0.25, -0.2) is 9.78 Å². The quantitative estimate of drug-likeness (QED) is 0.782. The van der Waals surface area contributed by atoms with Crippen LogP contribution in [0.25, 0.3) is 0 Å². The van der Waals surface area contributed by atoms with Gasteiger partial charge in [0.2, 0.25) is 0 Å². The van der Waals surface area contributed by atoms with Crippen LogP contribution in [0.2, 0.25) is 0 Å². The monoisotopic (exact) mass is 271 g/mol. The van der Waals surface area contributed by atoms with E-state index in [1.165, 1.54) is 11.3 Å². The Morgan fingerprint density at radius 3 is 2.39 bits per heavy atom. The molecule has 0 aliphatic carbocycles. The van der Waals surface area contributed by atoms with E-state index in [0.717, 1.165) is 0 Å². The Morgan fingerprint density at radius 2 is 1.94 bits per heavy atom. The number of aliphatic carboxylic acids is 1. The molecule has 18 heavy (non-hydrogen) atoms. The van der Waals surface area contributed by atoms with Crippen molar-refractivity contribution < 1.29 is 14.7 Å². The van der Waals surface area contributed by atoms with Gasteiger partial charge in [0.25, 0.3) is 0 Å². The molecule has 0 fully saturated rings. The molecule has 1 aromatic heterocycles. The highest BCUT2D eigenvalue weighted by molar-refractivity contribution is 7.13. The molecule has 0 radical (unpaired) electrons. The van der Waals surface area contributed by atoms with Gasteiger partial charge in [0.1, 0.15) is 0 Å². The number of rotatable bonds is 4. The molecule has 0 bridgehead atoms. The highest BCUT2D eigenvalue weighted by Crippen LogP contribution is 2.30. The number of amides is 2. The third-order valence-corrected chi connectivity index (χ3v) is 3.86. The summed E-state index contributed by atoms with van der Waals surface area (Å²) < 4.78 is 0. The number of anilines is 1. The van der Waals surface area contributed by atoms with E-state index in [9.17, 15) is 9.59 Å². The average molecular weight is 271 g/mol. The number of carbonyl (C=O) groups excluding carboxylic acids is 1. The van der Waals surface area contributed by atoms with E-state index in [4.69, 9.17) is 5.11 Å². The molecule has 1 aromatic rings. The second kappa shape index (κ2) is 4.93. The van der Waals surface area contributed by atoms with Gasteiger partial charge in [-0.2, -0.15) is 0 Å². The summed E-state index contributed by atoms with van der Waals surface area (Å²) >= 11 is 1.29. The van der Waals surface area contributed by atoms with Gasteiger partial charge in [-0.05, 0) is 27.7 Å². The normalized spacial score (nSPS) is 12.0. The molecule has 100 valence electrons. The molecule has 1 rings (SSSR count). The topological polar surface area (TPSA) is 91.3 Å². The molecule has 3 N–H and O–H groups in total. The molecule has 7 heteroatoms. The fourth-order valence-corrected chi connectivity index (χ4v) is 1.64. The van der Waals surface area contributed by atoms with E-state index in [0.29, 0.717) is 5.13 Å². The molecular weight excluding hydrogens is 254 g/mol. The van der Waals surface area contributed by atoms with Crippen LogP contribution in [0.4, 0.5) is 9.93 Å². The van der Waals surface area contributed by atoms with E-state index >= 15 is 0 Å². The van der Waals surface area contributed by atoms with Crippen molar-refractivity contribution in [1.29, 1.82) is 0 Å². The largest absolute Gasteiger partial charge is 0.481 e. The Hall–Kier alpha value is -1.63. The first-order chi connectivity index (χ1) is 8.17. The molecule has 0 aromatic carbocycles. The molecule has 0 aliphatic rings. The number of carboxylic acids is 1. The lowest BCUT2D eigenvalue weighted by Gasteiger charge is -2.38. The van der Waals surface area contributed by atoms with Crippen LogP contribution < -0.4 is 10.6 Å². The Morgan fingerprint density at radius 1 is 1.33 bits per heavy atom. The Labute approximate surface area is 109 Å². The average Bonchev–Trinajstić information content (AvgIpc) is 2.68. The van der Waals surface area contributed by atoms with Crippen LogP contribution in [0, 0.1) is 5.41 Å². The van der Waals surface area contributed by atoms with Crippen molar-refractivity contribution in [2.24, 2.45) is 5.41 Å². The standard InChI is InChI=1S/C11H17N3O3S/c1-10(2,7(15)16)11(3,4)14-8(17)13-9-12-5-6-18-9/h5-6H,1-4H3,(H,15,16)(H2,12,13,14,17). The maximum atomic E-state index is 11.7. The fourth-order valence-electron chi connectivity index (χ4n) is 1.12. The summed E-state index contributed by atoms with van der Waals surface area (Å²) in [4.78, 5) is 26.8. The summed E-state index contributed by atoms with van der Waals surface area (Å²) in [7, 11) is 0. The molecule has 2 amide bonds. The van der Waals surface area contributed by atoms with Crippen molar-refractivity contribution in [2.75, 3.05) is 5.32 Å². The SMILES string of the molecule is CC(C)(NC(=O)Nc1nccs1)C(C)(C)C(=O)O. The molecular formula is C11H17N3O3S. The van der Waals surface area contributed by atoms with Crippen LogP contribution in [-0.4, -0.2) is 27.6 Å². The molecule has 0 saturated heterocycles. The predicted molar refractivity (Wildman–Crippen MR) is 69.8 cm³/mol. The summed E-state index contributed by atoms with van der Waals surface area (Å²) in [5.41, 5.74) is -1.99. The Bertz CT molecular complexity index is 440. The summed E-state index contributed by atoms with van der Waals surface area (Å²) in [6, 6.07) is -0.468. The highest BCUT2D eigenvalue weighted by Gasteiger charge is 2.44. The third kappa shape index (κ3) is 2.98. The molecule has 0 saturated carbocycles. The summed E-state index contributed by atoms with van der Waals surface area (Å²) in [6.45, 7) is 6.48. The summed E-state index contributed by atoms with van der Waals surface area (Å²) in [5, 5.41) is 16.6. The minimum Gasteiger partial charge on any atom is -0.481 e. The zero-order valence-corrected chi connectivity index (χ0v) is 11.6. The number of carbonyl (C=O) groups is 2. The van der Waals surface area contributed by atoms with Gasteiger partial charge >= 0.3 is 12.0 Å². The number of nitrogens with zero attached hydrogens (tertiary/aromatic N) is 1. The van der Waals surface area contributed by atoms with Crippen LogP contribution in [-0.2, 0) is 4.79 Å². The minimum atomic E-state index is -1.09. The number of nitrogens with one attached hydrogen (secondary N) is 2. The highest BCUT2D eigenvalue weighted by atomic mass is 32.1. The van der Waals surface area contributed by atoms with Crippen LogP contribution >= 0.6 is 11.3 Å². The van der Waals surface area contributed by atoms with Crippen molar-refractivity contribution in [1.82, 2.24) is 10.3 Å². The lowest BCUT2D eigenvalue weighted by atomic mass is 9.74. The van der Waals surface area contributed by atoms with Crippen LogP contribution in [0.5, 0.6) is 0 Å². The number of hydrogen-bond acceptors (Lipinski definition) is 4. The second-order valence-corrected chi connectivity index (χ2v) is 5.87. The van der Waals surface area contributed by atoms with Gasteiger partial charge in [-0.3, -0.25) is 10.1 Å². The van der Waals surface area contributed by atoms with Crippen molar-refractivity contribution in [3.63, 3.8) is 0 Å². The molecule has 0 aliphatic heterocycles. The van der Waals surface area contributed by atoms with Gasteiger partial charge in [0.05, 0.1) is 11.0 Å². The van der Waals surface area contributed by atoms with E-state index in [-0.39, 0.29) is 0 Å². The van der Waals surface area contributed by atoms with E-state index in [2.05, 4.69) is 15.6 Å². The first kappa shape index (κ1) is 14.4. The van der Waals surface area contributed by atoms with Crippen LogP contribution in [0.3, 0.4) is 0 Å². The minimum absolute atomic E-state index is 0.468. The summed E-state index contributed by atoms with van der Waals surface area (Å²) in [6.07, 6.45) is 1.58. The number of carboxylic acid groups (broad SMARTS) is 1. The third-order valence-electron chi connectivity index (χ3n) is 3.18.